The van der Waals surface area contributed by atoms with Crippen molar-refractivity contribution in [3.05, 3.63) is 65.0 Å². The molecule has 0 aliphatic carbocycles. The van der Waals surface area contributed by atoms with Crippen LogP contribution in [0.5, 0.6) is 0 Å². The summed E-state index contributed by atoms with van der Waals surface area (Å²) in [6.45, 7) is 6.38. The molecule has 2 aromatic rings. The van der Waals surface area contributed by atoms with E-state index in [9.17, 15) is 17.6 Å². The quantitative estimate of drug-likeness (QED) is 0.603. The van der Waals surface area contributed by atoms with E-state index in [4.69, 9.17) is 0 Å². The van der Waals surface area contributed by atoms with Crippen molar-refractivity contribution in [3.8, 4) is 0 Å². The molecule has 0 spiro atoms. The molecule has 0 saturated carbocycles. The third-order valence-corrected chi connectivity index (χ3v) is 7.42. The van der Waals surface area contributed by atoms with Gasteiger partial charge in [-0.2, -0.15) is 4.31 Å². The van der Waals surface area contributed by atoms with Gasteiger partial charge in [-0.1, -0.05) is 45.0 Å². The topological polar surface area (TPSA) is 69.7 Å². The smallest absolute Gasteiger partial charge is 0.254 e. The summed E-state index contributed by atoms with van der Waals surface area (Å²) in [5, 5.41) is 2.76. The van der Waals surface area contributed by atoms with Crippen LogP contribution in [0.25, 0.3) is 0 Å². The molecule has 0 fully saturated rings. The van der Waals surface area contributed by atoms with Gasteiger partial charge < -0.3 is 10.2 Å². The zero-order chi connectivity index (χ0) is 23.2. The summed E-state index contributed by atoms with van der Waals surface area (Å²) in [6, 6.07) is 11.4. The number of halogens is 1. The first-order chi connectivity index (χ1) is 14.6. The number of amides is 1. The molecule has 31 heavy (non-hydrogen) atoms. The van der Waals surface area contributed by atoms with Crippen molar-refractivity contribution in [1.29, 1.82) is 0 Å². The highest BCUT2D eigenvalue weighted by atomic mass is 32.2. The molecular formula is C23H32FN3O3S. The summed E-state index contributed by atoms with van der Waals surface area (Å²) in [5.74, 6) is -1.41. The highest BCUT2D eigenvalue weighted by Gasteiger charge is 2.25. The van der Waals surface area contributed by atoms with E-state index in [2.05, 4.69) is 24.4 Å². The summed E-state index contributed by atoms with van der Waals surface area (Å²) >= 11 is 0. The van der Waals surface area contributed by atoms with Gasteiger partial charge in [-0.3, -0.25) is 4.79 Å². The normalized spacial score (nSPS) is 12.9. The lowest BCUT2D eigenvalue weighted by atomic mass is 10.0. The van der Waals surface area contributed by atoms with E-state index in [1.807, 2.05) is 31.1 Å². The second-order valence-corrected chi connectivity index (χ2v) is 9.45. The Balaban J connectivity index is 2.24. The van der Waals surface area contributed by atoms with Crippen LogP contribution >= 0.6 is 0 Å². The summed E-state index contributed by atoms with van der Waals surface area (Å²) in [5.41, 5.74) is 1.96. The molecule has 0 bridgehead atoms. The predicted octanol–water partition coefficient (Wildman–Crippen LogP) is 3.45. The van der Waals surface area contributed by atoms with Gasteiger partial charge in [-0.05, 0) is 49.8 Å². The number of rotatable bonds is 10. The fraction of sp³-hybridized carbons (Fsp3) is 0.435. The van der Waals surface area contributed by atoms with E-state index in [1.165, 1.54) is 15.9 Å². The van der Waals surface area contributed by atoms with Crippen LogP contribution in [0.2, 0.25) is 0 Å². The van der Waals surface area contributed by atoms with Crippen molar-refractivity contribution < 1.29 is 17.6 Å². The maximum atomic E-state index is 14.4. The fourth-order valence-electron chi connectivity index (χ4n) is 3.41. The molecule has 0 saturated heterocycles. The van der Waals surface area contributed by atoms with Gasteiger partial charge in [0.1, 0.15) is 5.82 Å². The van der Waals surface area contributed by atoms with Crippen LogP contribution in [0.15, 0.2) is 47.4 Å². The fourth-order valence-corrected chi connectivity index (χ4v) is 4.89. The number of sulfonamides is 1. The average molecular weight is 450 g/mol. The molecule has 1 unspecified atom stereocenters. The monoisotopic (exact) mass is 449 g/mol. The molecule has 170 valence electrons. The first-order valence-electron chi connectivity index (χ1n) is 10.5. The van der Waals surface area contributed by atoms with Crippen molar-refractivity contribution in [2.75, 3.05) is 33.7 Å². The van der Waals surface area contributed by atoms with E-state index in [0.29, 0.717) is 13.1 Å². The van der Waals surface area contributed by atoms with Gasteiger partial charge in [0.2, 0.25) is 10.0 Å². The number of carbonyl (C=O) groups excluding carboxylic acids is 1. The molecule has 0 radical (unpaired) electrons. The summed E-state index contributed by atoms with van der Waals surface area (Å²) in [7, 11) is 0.0205. The van der Waals surface area contributed by atoms with Crippen LogP contribution in [0.1, 0.15) is 48.3 Å². The number of hydrogen-bond donors (Lipinski definition) is 1. The Kier molecular flexibility index (Phi) is 8.73. The molecule has 8 heteroatoms. The SMILES string of the molecule is CCc1ccc(C(CNC(=O)c2cc(S(=O)(=O)N(CC)CC)ccc2F)N(C)C)cc1. The van der Waals surface area contributed by atoms with Crippen LogP contribution in [0.4, 0.5) is 4.39 Å². The first-order valence-corrected chi connectivity index (χ1v) is 11.9. The van der Waals surface area contributed by atoms with Crippen LogP contribution in [-0.2, 0) is 16.4 Å². The molecule has 0 aliphatic heterocycles. The van der Waals surface area contributed by atoms with E-state index in [-0.39, 0.29) is 23.0 Å². The minimum atomic E-state index is -3.79. The first kappa shape index (κ1) is 25.0. The Morgan fingerprint density at radius 3 is 2.16 bits per heavy atom. The van der Waals surface area contributed by atoms with Crippen LogP contribution < -0.4 is 5.32 Å². The van der Waals surface area contributed by atoms with Gasteiger partial charge >= 0.3 is 0 Å². The van der Waals surface area contributed by atoms with Crippen molar-refractivity contribution in [2.24, 2.45) is 0 Å². The Morgan fingerprint density at radius 1 is 1.03 bits per heavy atom. The maximum Gasteiger partial charge on any atom is 0.254 e. The van der Waals surface area contributed by atoms with E-state index >= 15 is 0 Å². The van der Waals surface area contributed by atoms with Gasteiger partial charge in [0.25, 0.3) is 5.91 Å². The highest BCUT2D eigenvalue weighted by molar-refractivity contribution is 7.89. The van der Waals surface area contributed by atoms with E-state index < -0.39 is 21.7 Å². The largest absolute Gasteiger partial charge is 0.350 e. The molecule has 1 N–H and O–H groups in total. The maximum absolute atomic E-state index is 14.4. The van der Waals surface area contributed by atoms with Gasteiger partial charge in [0.15, 0.2) is 0 Å². The lowest BCUT2D eigenvalue weighted by Gasteiger charge is -2.25. The summed E-state index contributed by atoms with van der Waals surface area (Å²) in [4.78, 5) is 14.6. The second kappa shape index (κ2) is 10.8. The third-order valence-electron chi connectivity index (χ3n) is 5.38. The van der Waals surface area contributed by atoms with Crippen molar-refractivity contribution in [3.63, 3.8) is 0 Å². The molecule has 1 atom stereocenters. The molecule has 2 aromatic carbocycles. The Bertz CT molecular complexity index is 988. The van der Waals surface area contributed by atoms with E-state index in [1.54, 1.807) is 13.8 Å². The number of benzene rings is 2. The summed E-state index contributed by atoms with van der Waals surface area (Å²) < 4.78 is 41.1. The van der Waals surface area contributed by atoms with Gasteiger partial charge in [-0.15, -0.1) is 0 Å². The van der Waals surface area contributed by atoms with Gasteiger partial charge in [0, 0.05) is 19.6 Å². The van der Waals surface area contributed by atoms with Crippen molar-refractivity contribution >= 4 is 15.9 Å². The Labute approximate surface area is 185 Å². The van der Waals surface area contributed by atoms with E-state index in [0.717, 1.165) is 24.1 Å². The lowest BCUT2D eigenvalue weighted by molar-refractivity contribution is 0.0937. The molecule has 6 nitrogen and oxygen atoms in total. The second-order valence-electron chi connectivity index (χ2n) is 7.52. The standard InChI is InChI=1S/C23H32FN3O3S/c1-6-17-9-11-18(12-10-17)22(26(4)5)16-25-23(28)20-15-19(13-14-21(20)24)31(29,30)27(7-2)8-3/h9-15,22H,6-8,16H2,1-5H3,(H,25,28). The van der Waals surface area contributed by atoms with Gasteiger partial charge in [-0.25, -0.2) is 12.8 Å². The minimum Gasteiger partial charge on any atom is -0.350 e. The minimum absolute atomic E-state index is 0.0953. The lowest BCUT2D eigenvalue weighted by Crippen LogP contribution is -2.35. The molecule has 1 amide bonds. The predicted molar refractivity (Wildman–Crippen MR) is 121 cm³/mol. The average Bonchev–Trinajstić information content (AvgIpc) is 2.74. The molecule has 0 aliphatic rings. The van der Waals surface area contributed by atoms with Crippen molar-refractivity contribution in [2.45, 2.75) is 38.1 Å². The highest BCUT2D eigenvalue weighted by Crippen LogP contribution is 2.21. The van der Waals surface area contributed by atoms with Crippen LogP contribution in [0.3, 0.4) is 0 Å². The number of nitrogens with zero attached hydrogens (tertiary/aromatic N) is 2. The van der Waals surface area contributed by atoms with Crippen LogP contribution in [0, 0.1) is 5.82 Å². The molecular weight excluding hydrogens is 417 g/mol. The zero-order valence-corrected chi connectivity index (χ0v) is 19.7. The van der Waals surface area contributed by atoms with Crippen molar-refractivity contribution in [1.82, 2.24) is 14.5 Å². The number of nitrogens with one attached hydrogen (secondary N) is 1. The number of hydrogen-bond acceptors (Lipinski definition) is 4. The number of aryl methyl sites for hydroxylation is 1. The van der Waals surface area contributed by atoms with Crippen LogP contribution in [-0.4, -0.2) is 57.3 Å². The molecule has 0 aromatic heterocycles. The van der Waals surface area contributed by atoms with Gasteiger partial charge in [0.05, 0.1) is 16.5 Å². The Morgan fingerprint density at radius 2 is 1.65 bits per heavy atom. The summed E-state index contributed by atoms with van der Waals surface area (Å²) in [6.07, 6.45) is 0.940. The Hall–Kier alpha value is -2.29. The third kappa shape index (κ3) is 5.90. The molecule has 0 heterocycles. The number of carbonyl (C=O) groups is 1. The number of likely N-dealkylation sites (N-methyl/N-ethyl adjacent to an activating group) is 1. The zero-order valence-electron chi connectivity index (χ0n) is 18.9. The molecule has 2 rings (SSSR count).